The number of nitrogens with zero attached hydrogens (tertiary/aromatic N) is 1. The van der Waals surface area contributed by atoms with Crippen LogP contribution in [0.3, 0.4) is 0 Å². The number of likely N-dealkylation sites (tertiary alicyclic amines) is 1. The summed E-state index contributed by atoms with van der Waals surface area (Å²) in [4.78, 5) is 26.3. The molecule has 0 aromatic heterocycles. The first kappa shape index (κ1) is 16.3. The first-order chi connectivity index (χ1) is 10.2. The molecule has 5 nitrogen and oxygen atoms in total. The van der Waals surface area contributed by atoms with Gasteiger partial charge in [-0.2, -0.15) is 0 Å². The van der Waals surface area contributed by atoms with Gasteiger partial charge in [0.2, 0.25) is 11.8 Å². The molecule has 120 valence electrons. The second-order valence-electron chi connectivity index (χ2n) is 6.77. The third-order valence-corrected chi connectivity index (χ3v) is 3.92. The molecule has 2 rings (SSSR count). The molecule has 1 aromatic carbocycles. The maximum atomic E-state index is 12.5. The maximum absolute atomic E-state index is 12.5. The topological polar surface area (TPSA) is 58.6 Å². The number of nitrogens with one attached hydrogen (secondary N) is 1. The Hall–Kier alpha value is -2.04. The fraction of sp³-hybridized carbons (Fsp3) is 0.529. The van der Waals surface area contributed by atoms with E-state index in [1.807, 2.05) is 45.9 Å². The molecule has 1 atom stereocenters. The van der Waals surface area contributed by atoms with Gasteiger partial charge in [-0.15, -0.1) is 0 Å². The summed E-state index contributed by atoms with van der Waals surface area (Å²) in [7, 11) is 1.57. The zero-order valence-corrected chi connectivity index (χ0v) is 13.9. The number of hydrogen-bond acceptors (Lipinski definition) is 3. The van der Waals surface area contributed by atoms with Crippen molar-refractivity contribution in [1.82, 2.24) is 4.90 Å². The van der Waals surface area contributed by atoms with E-state index in [0.29, 0.717) is 18.0 Å². The average Bonchev–Trinajstić information content (AvgIpc) is 2.81. The molecule has 1 aliphatic rings. The SMILES string of the molecule is COc1ccc(C)cc1NC(=O)C1CC(=O)N(C(C)(C)C)C1. The summed E-state index contributed by atoms with van der Waals surface area (Å²) >= 11 is 0. The molecular weight excluding hydrogens is 280 g/mol. The molecule has 1 N–H and O–H groups in total. The number of rotatable bonds is 3. The highest BCUT2D eigenvalue weighted by atomic mass is 16.5. The van der Waals surface area contributed by atoms with Gasteiger partial charge in [0.25, 0.3) is 0 Å². The van der Waals surface area contributed by atoms with Crippen molar-refractivity contribution in [3.63, 3.8) is 0 Å². The second kappa shape index (κ2) is 5.99. The van der Waals surface area contributed by atoms with Gasteiger partial charge >= 0.3 is 0 Å². The molecule has 0 radical (unpaired) electrons. The number of benzene rings is 1. The molecule has 0 saturated carbocycles. The molecule has 22 heavy (non-hydrogen) atoms. The molecule has 0 bridgehead atoms. The summed E-state index contributed by atoms with van der Waals surface area (Å²) < 4.78 is 5.27. The Morgan fingerprint density at radius 2 is 2.05 bits per heavy atom. The largest absolute Gasteiger partial charge is 0.495 e. The Kier molecular flexibility index (Phi) is 4.44. The van der Waals surface area contributed by atoms with E-state index >= 15 is 0 Å². The predicted octanol–water partition coefficient (Wildman–Crippen LogP) is 2.59. The summed E-state index contributed by atoms with van der Waals surface area (Å²) in [5, 5.41) is 2.89. The van der Waals surface area contributed by atoms with E-state index in [-0.39, 0.29) is 29.7 Å². The second-order valence-corrected chi connectivity index (χ2v) is 6.77. The van der Waals surface area contributed by atoms with Crippen LogP contribution < -0.4 is 10.1 Å². The number of hydrogen-bond donors (Lipinski definition) is 1. The number of aryl methyl sites for hydroxylation is 1. The van der Waals surface area contributed by atoms with E-state index < -0.39 is 0 Å². The average molecular weight is 304 g/mol. The van der Waals surface area contributed by atoms with Crippen LogP contribution in [-0.4, -0.2) is 35.9 Å². The van der Waals surface area contributed by atoms with Crippen molar-refractivity contribution in [2.45, 2.75) is 39.7 Å². The van der Waals surface area contributed by atoms with Gasteiger partial charge in [-0.1, -0.05) is 6.07 Å². The highest BCUT2D eigenvalue weighted by molar-refractivity contribution is 5.98. The van der Waals surface area contributed by atoms with E-state index in [2.05, 4.69) is 5.32 Å². The van der Waals surface area contributed by atoms with Gasteiger partial charge in [0.1, 0.15) is 5.75 Å². The van der Waals surface area contributed by atoms with E-state index in [1.165, 1.54) is 0 Å². The molecule has 0 aliphatic carbocycles. The zero-order valence-electron chi connectivity index (χ0n) is 13.9. The number of ether oxygens (including phenoxy) is 1. The van der Waals surface area contributed by atoms with Gasteiger partial charge < -0.3 is 15.0 Å². The zero-order chi connectivity index (χ0) is 16.5. The van der Waals surface area contributed by atoms with Crippen molar-refractivity contribution in [3.05, 3.63) is 23.8 Å². The van der Waals surface area contributed by atoms with E-state index in [9.17, 15) is 9.59 Å². The van der Waals surface area contributed by atoms with Crippen molar-refractivity contribution in [2.75, 3.05) is 19.0 Å². The normalized spacial score (nSPS) is 18.5. The molecule has 1 unspecified atom stereocenters. The van der Waals surface area contributed by atoms with Crippen LogP contribution in [0.25, 0.3) is 0 Å². The van der Waals surface area contributed by atoms with Gasteiger partial charge in [0.15, 0.2) is 0 Å². The summed E-state index contributed by atoms with van der Waals surface area (Å²) in [5.74, 6) is 0.195. The first-order valence-corrected chi connectivity index (χ1v) is 7.48. The van der Waals surface area contributed by atoms with Crippen LogP contribution in [0.2, 0.25) is 0 Å². The lowest BCUT2D eigenvalue weighted by Gasteiger charge is -2.31. The van der Waals surface area contributed by atoms with Gasteiger partial charge in [-0.25, -0.2) is 0 Å². The minimum atomic E-state index is -0.322. The van der Waals surface area contributed by atoms with Crippen LogP contribution in [0.15, 0.2) is 18.2 Å². The molecule has 1 aliphatic heterocycles. The standard InChI is InChI=1S/C17H24N2O3/c1-11-6-7-14(22-5)13(8-11)18-16(21)12-9-15(20)19(10-12)17(2,3)4/h6-8,12H,9-10H2,1-5H3,(H,18,21). The lowest BCUT2D eigenvalue weighted by molar-refractivity contribution is -0.131. The van der Waals surface area contributed by atoms with Gasteiger partial charge in [-0.3, -0.25) is 9.59 Å². The van der Waals surface area contributed by atoms with Crippen LogP contribution in [0.5, 0.6) is 5.75 Å². The summed E-state index contributed by atoms with van der Waals surface area (Å²) in [6.45, 7) is 8.36. The molecular formula is C17H24N2O3. The van der Waals surface area contributed by atoms with Gasteiger partial charge in [0.05, 0.1) is 18.7 Å². The van der Waals surface area contributed by atoms with E-state index in [1.54, 1.807) is 12.0 Å². The Morgan fingerprint density at radius 1 is 1.36 bits per heavy atom. The highest BCUT2D eigenvalue weighted by Crippen LogP contribution is 2.29. The molecule has 1 aromatic rings. The summed E-state index contributed by atoms with van der Waals surface area (Å²) in [6.07, 6.45) is 0.261. The van der Waals surface area contributed by atoms with Crippen LogP contribution in [0.1, 0.15) is 32.8 Å². The molecule has 1 heterocycles. The van der Waals surface area contributed by atoms with Crippen LogP contribution >= 0.6 is 0 Å². The summed E-state index contributed by atoms with van der Waals surface area (Å²) in [6, 6.07) is 5.62. The number of carbonyl (C=O) groups excluding carboxylic acids is 2. The first-order valence-electron chi connectivity index (χ1n) is 7.48. The van der Waals surface area contributed by atoms with E-state index in [0.717, 1.165) is 5.56 Å². The minimum Gasteiger partial charge on any atom is -0.495 e. The minimum absolute atomic E-state index is 0.0313. The highest BCUT2D eigenvalue weighted by Gasteiger charge is 2.39. The van der Waals surface area contributed by atoms with Gasteiger partial charge in [-0.05, 0) is 45.4 Å². The molecule has 1 fully saturated rings. The van der Waals surface area contributed by atoms with Crippen molar-refractivity contribution >= 4 is 17.5 Å². The fourth-order valence-corrected chi connectivity index (χ4v) is 2.69. The maximum Gasteiger partial charge on any atom is 0.229 e. The van der Waals surface area contributed by atoms with Crippen LogP contribution in [0.4, 0.5) is 5.69 Å². The lowest BCUT2D eigenvalue weighted by Crippen LogP contribution is -2.42. The fourth-order valence-electron chi connectivity index (χ4n) is 2.69. The third kappa shape index (κ3) is 3.40. The molecule has 5 heteroatoms. The number of carbonyl (C=O) groups is 2. The molecule has 2 amide bonds. The summed E-state index contributed by atoms with van der Waals surface area (Å²) in [5.41, 5.74) is 1.43. The number of methoxy groups -OCH3 is 1. The van der Waals surface area contributed by atoms with Crippen LogP contribution in [0, 0.1) is 12.8 Å². The predicted molar refractivity (Wildman–Crippen MR) is 85.9 cm³/mol. The Morgan fingerprint density at radius 3 is 2.59 bits per heavy atom. The Balaban J connectivity index is 2.11. The monoisotopic (exact) mass is 304 g/mol. The number of amides is 2. The van der Waals surface area contributed by atoms with E-state index in [4.69, 9.17) is 4.74 Å². The van der Waals surface area contributed by atoms with Crippen molar-refractivity contribution in [3.8, 4) is 5.75 Å². The third-order valence-electron chi connectivity index (χ3n) is 3.92. The van der Waals surface area contributed by atoms with Crippen molar-refractivity contribution < 1.29 is 14.3 Å². The Bertz CT molecular complexity index is 590. The molecule has 1 saturated heterocycles. The Labute approximate surface area is 131 Å². The lowest BCUT2D eigenvalue weighted by atomic mass is 10.1. The smallest absolute Gasteiger partial charge is 0.229 e. The quantitative estimate of drug-likeness (QED) is 0.933. The van der Waals surface area contributed by atoms with Gasteiger partial charge in [0, 0.05) is 18.5 Å². The van der Waals surface area contributed by atoms with Crippen molar-refractivity contribution in [2.24, 2.45) is 5.92 Å². The van der Waals surface area contributed by atoms with Crippen molar-refractivity contribution in [1.29, 1.82) is 0 Å². The number of anilines is 1. The molecule has 0 spiro atoms. The van der Waals surface area contributed by atoms with Crippen LogP contribution in [-0.2, 0) is 9.59 Å².